The van der Waals surface area contributed by atoms with E-state index < -0.39 is 11.6 Å². The van der Waals surface area contributed by atoms with Gasteiger partial charge in [-0.25, -0.2) is 8.78 Å². The molecule has 1 unspecified atom stereocenters. The Morgan fingerprint density at radius 2 is 1.95 bits per heavy atom. The molecule has 20 heavy (non-hydrogen) atoms. The minimum Gasteiger partial charge on any atom is -0.271 e. The van der Waals surface area contributed by atoms with Crippen LogP contribution in [0.4, 0.5) is 8.78 Å². The molecule has 0 heterocycles. The molecule has 0 radical (unpaired) electrons. The van der Waals surface area contributed by atoms with E-state index in [1.54, 1.807) is 18.2 Å². The molecule has 0 aliphatic heterocycles. The van der Waals surface area contributed by atoms with Crippen molar-refractivity contribution in [2.24, 2.45) is 5.84 Å². The van der Waals surface area contributed by atoms with Crippen molar-refractivity contribution in [1.82, 2.24) is 5.43 Å². The lowest BCUT2D eigenvalue weighted by Crippen LogP contribution is -2.30. The van der Waals surface area contributed by atoms with Crippen LogP contribution in [0.15, 0.2) is 40.9 Å². The zero-order valence-corrected chi connectivity index (χ0v) is 12.7. The van der Waals surface area contributed by atoms with Crippen LogP contribution in [-0.2, 0) is 6.42 Å². The predicted molar refractivity (Wildman–Crippen MR) is 79.3 cm³/mol. The maximum atomic E-state index is 13.7. The summed E-state index contributed by atoms with van der Waals surface area (Å²) in [4.78, 5) is 0. The number of halogens is 4. The third-order valence-corrected chi connectivity index (χ3v) is 3.92. The molecule has 0 saturated heterocycles. The predicted octanol–water partition coefficient (Wildman–Crippen LogP) is 4.13. The highest BCUT2D eigenvalue weighted by Gasteiger charge is 2.17. The molecule has 0 bridgehead atoms. The summed E-state index contributed by atoms with van der Waals surface area (Å²) < 4.78 is 27.7. The van der Waals surface area contributed by atoms with Gasteiger partial charge >= 0.3 is 0 Å². The van der Waals surface area contributed by atoms with Gasteiger partial charge < -0.3 is 0 Å². The van der Waals surface area contributed by atoms with E-state index in [-0.39, 0.29) is 18.0 Å². The molecule has 3 N–H and O–H groups in total. The molecule has 2 nitrogen and oxygen atoms in total. The molecule has 0 amide bonds. The van der Waals surface area contributed by atoms with Gasteiger partial charge in [-0.15, -0.1) is 0 Å². The summed E-state index contributed by atoms with van der Waals surface area (Å²) >= 11 is 9.35. The van der Waals surface area contributed by atoms with E-state index in [0.29, 0.717) is 5.02 Å². The van der Waals surface area contributed by atoms with E-state index >= 15 is 0 Å². The van der Waals surface area contributed by atoms with Gasteiger partial charge in [0.25, 0.3) is 0 Å². The van der Waals surface area contributed by atoms with Crippen molar-refractivity contribution in [3.05, 3.63) is 68.7 Å². The zero-order chi connectivity index (χ0) is 14.7. The number of hydrazine groups is 1. The lowest BCUT2D eigenvalue weighted by molar-refractivity contribution is 0.521. The lowest BCUT2D eigenvalue weighted by Gasteiger charge is -2.18. The van der Waals surface area contributed by atoms with Gasteiger partial charge in [0.2, 0.25) is 0 Å². The number of rotatable bonds is 4. The van der Waals surface area contributed by atoms with Gasteiger partial charge in [0.1, 0.15) is 11.6 Å². The Bertz CT molecular complexity index is 622. The second-order valence-corrected chi connectivity index (χ2v) is 5.62. The number of benzene rings is 2. The normalized spacial score (nSPS) is 12.4. The fourth-order valence-corrected chi connectivity index (χ4v) is 2.66. The highest BCUT2D eigenvalue weighted by molar-refractivity contribution is 9.10. The molecule has 2 rings (SSSR count). The summed E-state index contributed by atoms with van der Waals surface area (Å²) in [7, 11) is 0. The van der Waals surface area contributed by atoms with Crippen molar-refractivity contribution in [1.29, 1.82) is 0 Å². The van der Waals surface area contributed by atoms with Crippen LogP contribution in [0.2, 0.25) is 5.02 Å². The Balaban J connectivity index is 2.33. The zero-order valence-electron chi connectivity index (χ0n) is 10.3. The molecule has 2 aromatic carbocycles. The van der Waals surface area contributed by atoms with Crippen molar-refractivity contribution >= 4 is 27.5 Å². The minimum absolute atomic E-state index is 0.207. The van der Waals surface area contributed by atoms with E-state index in [9.17, 15) is 8.78 Å². The van der Waals surface area contributed by atoms with Crippen molar-refractivity contribution < 1.29 is 8.78 Å². The largest absolute Gasteiger partial charge is 0.271 e. The molecule has 1 atom stereocenters. The smallest absolute Gasteiger partial charge is 0.126 e. The molecule has 0 aliphatic rings. The van der Waals surface area contributed by atoms with Gasteiger partial charge in [0, 0.05) is 9.50 Å². The molecule has 0 aromatic heterocycles. The van der Waals surface area contributed by atoms with Gasteiger partial charge in [-0.2, -0.15) is 0 Å². The topological polar surface area (TPSA) is 38.0 Å². The summed E-state index contributed by atoms with van der Waals surface area (Å²) in [6.07, 6.45) is 0.207. The van der Waals surface area contributed by atoms with Crippen LogP contribution in [0.1, 0.15) is 17.2 Å². The minimum atomic E-state index is -0.484. The number of hydrogen-bond donors (Lipinski definition) is 2. The summed E-state index contributed by atoms with van der Waals surface area (Å²) in [6, 6.07) is 8.20. The van der Waals surface area contributed by atoms with Gasteiger partial charge in [-0.1, -0.05) is 27.5 Å². The van der Waals surface area contributed by atoms with Crippen molar-refractivity contribution in [2.75, 3.05) is 0 Å². The first kappa shape index (κ1) is 15.4. The van der Waals surface area contributed by atoms with Crippen LogP contribution in [0.25, 0.3) is 0 Å². The molecular weight excluding hydrogens is 350 g/mol. The number of nitrogens with two attached hydrogens (primary N) is 1. The van der Waals surface area contributed by atoms with Crippen LogP contribution < -0.4 is 11.3 Å². The average molecular weight is 362 g/mol. The Hall–Kier alpha value is -1.01. The van der Waals surface area contributed by atoms with Gasteiger partial charge in [-0.05, 0) is 53.9 Å². The van der Waals surface area contributed by atoms with Crippen LogP contribution in [0.3, 0.4) is 0 Å². The van der Waals surface area contributed by atoms with E-state index in [1.165, 1.54) is 0 Å². The Labute approximate surface area is 129 Å². The first-order valence-corrected chi connectivity index (χ1v) is 7.03. The molecule has 0 spiro atoms. The summed E-state index contributed by atoms with van der Waals surface area (Å²) in [5.41, 5.74) is 3.63. The second-order valence-electron chi connectivity index (χ2n) is 4.32. The SMILES string of the molecule is NNC(Cc1cc(F)ccc1F)c1cc(Cl)ccc1Br. The molecule has 2 aromatic rings. The average Bonchev–Trinajstić information content (AvgIpc) is 2.42. The summed E-state index contributed by atoms with van der Waals surface area (Å²) in [6.45, 7) is 0. The number of nitrogens with one attached hydrogen (secondary N) is 1. The molecule has 0 fully saturated rings. The Kier molecular flexibility index (Phi) is 5.10. The van der Waals surface area contributed by atoms with Crippen molar-refractivity contribution in [2.45, 2.75) is 12.5 Å². The standard InChI is InChI=1S/C14H12BrClF2N2/c15-12-3-1-9(16)7-11(12)14(20-19)6-8-5-10(17)2-4-13(8)18/h1-5,7,14,20H,6,19H2. The molecule has 106 valence electrons. The third kappa shape index (κ3) is 3.55. The summed E-state index contributed by atoms with van der Waals surface area (Å²) in [5.74, 6) is 4.58. The fourth-order valence-electron chi connectivity index (χ4n) is 1.96. The third-order valence-electron chi connectivity index (χ3n) is 2.97. The van der Waals surface area contributed by atoms with Crippen LogP contribution in [-0.4, -0.2) is 0 Å². The van der Waals surface area contributed by atoms with E-state index in [2.05, 4.69) is 21.4 Å². The molecule has 0 aliphatic carbocycles. The van der Waals surface area contributed by atoms with Gasteiger partial charge in [0.05, 0.1) is 6.04 Å². The van der Waals surface area contributed by atoms with Crippen molar-refractivity contribution in [3.8, 4) is 0 Å². The highest BCUT2D eigenvalue weighted by Crippen LogP contribution is 2.29. The van der Waals surface area contributed by atoms with Crippen molar-refractivity contribution in [3.63, 3.8) is 0 Å². The highest BCUT2D eigenvalue weighted by atomic mass is 79.9. The fraction of sp³-hybridized carbons (Fsp3) is 0.143. The van der Waals surface area contributed by atoms with Crippen LogP contribution in [0.5, 0.6) is 0 Å². The van der Waals surface area contributed by atoms with E-state index in [4.69, 9.17) is 17.4 Å². The quantitative estimate of drug-likeness (QED) is 0.635. The maximum Gasteiger partial charge on any atom is 0.126 e. The van der Waals surface area contributed by atoms with E-state index in [0.717, 1.165) is 28.2 Å². The van der Waals surface area contributed by atoms with Crippen LogP contribution in [0, 0.1) is 11.6 Å². The Morgan fingerprint density at radius 1 is 1.20 bits per heavy atom. The van der Waals surface area contributed by atoms with E-state index in [1.807, 2.05) is 0 Å². The van der Waals surface area contributed by atoms with Gasteiger partial charge in [0.15, 0.2) is 0 Å². The molecular formula is C14H12BrClF2N2. The maximum absolute atomic E-state index is 13.7. The summed E-state index contributed by atoms with van der Waals surface area (Å²) in [5, 5.41) is 0.545. The monoisotopic (exact) mass is 360 g/mol. The second kappa shape index (κ2) is 6.63. The molecule has 6 heteroatoms. The van der Waals surface area contributed by atoms with Gasteiger partial charge in [-0.3, -0.25) is 11.3 Å². The number of hydrogen-bond acceptors (Lipinski definition) is 2. The first-order chi connectivity index (χ1) is 9.51. The van der Waals surface area contributed by atoms with Crippen LogP contribution >= 0.6 is 27.5 Å². The lowest BCUT2D eigenvalue weighted by atomic mass is 9.99. The Morgan fingerprint density at radius 3 is 2.65 bits per heavy atom. The first-order valence-electron chi connectivity index (χ1n) is 5.86. The molecule has 0 saturated carbocycles.